The van der Waals surface area contributed by atoms with E-state index in [9.17, 15) is 9.59 Å². The van der Waals surface area contributed by atoms with Gasteiger partial charge in [-0.05, 0) is 36.4 Å². The van der Waals surface area contributed by atoms with Crippen molar-refractivity contribution in [3.8, 4) is 17.2 Å². The van der Waals surface area contributed by atoms with Crippen molar-refractivity contribution in [3.05, 3.63) is 47.4 Å². The second-order valence-corrected chi connectivity index (χ2v) is 4.81. The van der Waals surface area contributed by atoms with Crippen LogP contribution in [0.4, 0.5) is 0 Å². The van der Waals surface area contributed by atoms with Crippen molar-refractivity contribution in [1.29, 1.82) is 0 Å². The van der Waals surface area contributed by atoms with Crippen molar-refractivity contribution in [1.82, 2.24) is 0 Å². The molecule has 0 N–H and O–H groups in total. The van der Waals surface area contributed by atoms with E-state index in [0.717, 1.165) is 0 Å². The average Bonchev–Trinajstić information content (AvgIpc) is 3.13. The van der Waals surface area contributed by atoms with E-state index in [1.807, 2.05) is 0 Å². The smallest absolute Gasteiger partial charge is 0.373 e. The summed E-state index contributed by atoms with van der Waals surface area (Å²) in [5, 5.41) is 0. The third-order valence-electron chi connectivity index (χ3n) is 3.36. The number of carbonyl (C=O) groups is 2. The first-order valence-electron chi connectivity index (χ1n) is 7.24. The van der Waals surface area contributed by atoms with Crippen molar-refractivity contribution in [2.75, 3.05) is 28.4 Å². The van der Waals surface area contributed by atoms with Crippen molar-refractivity contribution >= 4 is 17.8 Å². The van der Waals surface area contributed by atoms with Crippen LogP contribution >= 0.6 is 0 Å². The Hall–Kier alpha value is -3.22. The minimum absolute atomic E-state index is 0.0578. The number of hydrogen-bond donors (Lipinski definition) is 0. The van der Waals surface area contributed by atoms with Crippen LogP contribution in [0.2, 0.25) is 0 Å². The van der Waals surface area contributed by atoms with E-state index in [1.54, 1.807) is 18.2 Å². The maximum absolute atomic E-state index is 12.4. The van der Waals surface area contributed by atoms with Gasteiger partial charge in [0.2, 0.25) is 11.5 Å². The van der Waals surface area contributed by atoms with Gasteiger partial charge in [0.15, 0.2) is 17.3 Å². The van der Waals surface area contributed by atoms with Crippen molar-refractivity contribution < 1.29 is 33.0 Å². The van der Waals surface area contributed by atoms with E-state index in [4.69, 9.17) is 18.6 Å². The molecule has 0 amide bonds. The van der Waals surface area contributed by atoms with Gasteiger partial charge >= 0.3 is 5.97 Å². The highest BCUT2D eigenvalue weighted by Crippen LogP contribution is 2.38. The highest BCUT2D eigenvalue weighted by atomic mass is 16.5. The standard InChI is InChI=1S/C18H18O7/c1-21-15-9-11(10-16(22-2)17(15)23-3)13(19)7-5-12-6-8-14(25-12)18(20)24-4/h5-10H,1-4H3/b7-5-. The highest BCUT2D eigenvalue weighted by Gasteiger charge is 2.16. The Morgan fingerprint density at radius 3 is 2.12 bits per heavy atom. The number of furan rings is 1. The molecule has 0 radical (unpaired) electrons. The monoisotopic (exact) mass is 346 g/mol. The van der Waals surface area contributed by atoms with Crippen LogP contribution in [0.25, 0.3) is 6.08 Å². The van der Waals surface area contributed by atoms with Crippen molar-refractivity contribution in [2.24, 2.45) is 0 Å². The zero-order valence-corrected chi connectivity index (χ0v) is 14.3. The zero-order chi connectivity index (χ0) is 18.4. The largest absolute Gasteiger partial charge is 0.493 e. The molecule has 0 aliphatic heterocycles. The summed E-state index contributed by atoms with van der Waals surface area (Å²) in [4.78, 5) is 23.7. The molecule has 0 spiro atoms. The molecule has 1 heterocycles. The van der Waals surface area contributed by atoms with Gasteiger partial charge < -0.3 is 23.4 Å². The lowest BCUT2D eigenvalue weighted by Crippen LogP contribution is -2.00. The molecule has 1 aromatic heterocycles. The minimum atomic E-state index is -0.587. The lowest BCUT2D eigenvalue weighted by Gasteiger charge is -2.13. The number of methoxy groups -OCH3 is 4. The first kappa shape index (κ1) is 18.1. The number of benzene rings is 1. The van der Waals surface area contributed by atoms with E-state index in [1.165, 1.54) is 46.7 Å². The molecule has 7 nitrogen and oxygen atoms in total. The van der Waals surface area contributed by atoms with Crippen molar-refractivity contribution in [2.45, 2.75) is 0 Å². The lowest BCUT2D eigenvalue weighted by atomic mass is 10.1. The molecule has 2 aromatic rings. The third-order valence-corrected chi connectivity index (χ3v) is 3.36. The first-order valence-corrected chi connectivity index (χ1v) is 7.24. The SMILES string of the molecule is COC(=O)c1ccc(/C=C\C(=O)c2cc(OC)c(OC)c(OC)c2)o1. The average molecular weight is 346 g/mol. The summed E-state index contributed by atoms with van der Waals surface area (Å²) >= 11 is 0. The Kier molecular flexibility index (Phi) is 5.84. The van der Waals surface area contributed by atoms with Crippen LogP contribution in [0.15, 0.2) is 34.8 Å². The van der Waals surface area contributed by atoms with E-state index in [0.29, 0.717) is 28.6 Å². The molecule has 0 aliphatic rings. The lowest BCUT2D eigenvalue weighted by molar-refractivity contribution is 0.0564. The van der Waals surface area contributed by atoms with Crippen molar-refractivity contribution in [3.63, 3.8) is 0 Å². The number of carbonyl (C=O) groups excluding carboxylic acids is 2. The van der Waals surface area contributed by atoms with Gasteiger partial charge in [-0.1, -0.05) is 0 Å². The van der Waals surface area contributed by atoms with E-state index < -0.39 is 5.97 Å². The number of esters is 1. The number of rotatable bonds is 7. The number of ether oxygens (including phenoxy) is 4. The second-order valence-electron chi connectivity index (χ2n) is 4.81. The van der Waals surface area contributed by atoms with Gasteiger partial charge in [-0.3, -0.25) is 4.79 Å². The molecular formula is C18H18O7. The minimum Gasteiger partial charge on any atom is -0.493 e. The summed E-state index contributed by atoms with van der Waals surface area (Å²) in [6.07, 6.45) is 2.78. The molecule has 0 atom stereocenters. The molecule has 0 bridgehead atoms. The maximum atomic E-state index is 12.4. The van der Waals surface area contributed by atoms with Crippen LogP contribution in [-0.2, 0) is 4.74 Å². The summed E-state index contributed by atoms with van der Waals surface area (Å²) < 4.78 is 25.5. The molecule has 0 fully saturated rings. The van der Waals surface area contributed by atoms with Gasteiger partial charge in [-0.2, -0.15) is 0 Å². The van der Waals surface area contributed by atoms with Crippen LogP contribution in [-0.4, -0.2) is 40.2 Å². The van der Waals surface area contributed by atoms with E-state index in [-0.39, 0.29) is 11.5 Å². The Balaban J connectivity index is 2.25. The van der Waals surface area contributed by atoms with E-state index in [2.05, 4.69) is 4.74 Å². The van der Waals surface area contributed by atoms with Gasteiger partial charge in [-0.15, -0.1) is 0 Å². The third kappa shape index (κ3) is 4.00. The molecular weight excluding hydrogens is 328 g/mol. The Morgan fingerprint density at radius 2 is 1.60 bits per heavy atom. The van der Waals surface area contributed by atoms with Crippen LogP contribution in [0, 0.1) is 0 Å². The first-order chi connectivity index (χ1) is 12.0. The van der Waals surface area contributed by atoms with E-state index >= 15 is 0 Å². The molecule has 1 aromatic carbocycles. The molecule has 2 rings (SSSR count). The maximum Gasteiger partial charge on any atom is 0.373 e. The summed E-state index contributed by atoms with van der Waals surface area (Å²) in [6.45, 7) is 0. The number of hydrogen-bond acceptors (Lipinski definition) is 7. The summed E-state index contributed by atoms with van der Waals surface area (Å²) in [7, 11) is 5.68. The van der Waals surface area contributed by atoms with Crippen LogP contribution < -0.4 is 14.2 Å². The molecule has 0 saturated heterocycles. The van der Waals surface area contributed by atoms with Gasteiger partial charge in [0, 0.05) is 5.56 Å². The molecule has 0 saturated carbocycles. The fourth-order valence-electron chi connectivity index (χ4n) is 2.13. The predicted octanol–water partition coefficient (Wildman–Crippen LogP) is 2.99. The van der Waals surface area contributed by atoms with Gasteiger partial charge in [0.25, 0.3) is 0 Å². The van der Waals surface area contributed by atoms with Crippen LogP contribution in [0.3, 0.4) is 0 Å². The van der Waals surface area contributed by atoms with Crippen LogP contribution in [0.1, 0.15) is 26.7 Å². The second kappa shape index (κ2) is 8.05. The van der Waals surface area contributed by atoms with Gasteiger partial charge in [-0.25, -0.2) is 4.79 Å². The van der Waals surface area contributed by atoms with Gasteiger partial charge in [0.05, 0.1) is 28.4 Å². The normalized spacial score (nSPS) is 10.6. The molecule has 25 heavy (non-hydrogen) atoms. The topological polar surface area (TPSA) is 84.2 Å². The fourth-order valence-corrected chi connectivity index (χ4v) is 2.13. The van der Waals surface area contributed by atoms with Gasteiger partial charge in [0.1, 0.15) is 5.76 Å². The fraction of sp³-hybridized carbons (Fsp3) is 0.222. The zero-order valence-electron chi connectivity index (χ0n) is 14.3. The Bertz CT molecular complexity index is 777. The summed E-state index contributed by atoms with van der Waals surface area (Å²) in [5.41, 5.74) is 0.352. The molecule has 0 unspecified atom stereocenters. The quantitative estimate of drug-likeness (QED) is 0.433. The molecule has 0 aliphatic carbocycles. The summed E-state index contributed by atoms with van der Waals surface area (Å²) in [5.74, 6) is 0.683. The number of allylic oxidation sites excluding steroid dienone is 1. The highest BCUT2D eigenvalue weighted by molar-refractivity contribution is 6.07. The number of ketones is 1. The Labute approximate surface area is 144 Å². The molecule has 7 heteroatoms. The summed E-state index contributed by atoms with van der Waals surface area (Å²) in [6, 6.07) is 6.13. The Morgan fingerprint density at radius 1 is 0.960 bits per heavy atom. The predicted molar refractivity (Wildman–Crippen MR) is 89.5 cm³/mol. The molecule has 132 valence electrons. The van der Waals surface area contributed by atoms with Crippen LogP contribution in [0.5, 0.6) is 17.2 Å².